The smallest absolute Gasteiger partial charge is 0.337 e. The van der Waals surface area contributed by atoms with E-state index in [1.807, 2.05) is 24.3 Å². The lowest BCUT2D eigenvalue weighted by Gasteiger charge is -2.08. The van der Waals surface area contributed by atoms with Crippen molar-refractivity contribution >= 4 is 17.6 Å². The average molecular weight is 336 g/mol. The second kappa shape index (κ2) is 7.39. The van der Waals surface area contributed by atoms with Crippen LogP contribution in [0.1, 0.15) is 26.3 Å². The van der Waals surface area contributed by atoms with Crippen LogP contribution in [0, 0.1) is 0 Å². The molecule has 3 aromatic rings. The number of esters is 1. The summed E-state index contributed by atoms with van der Waals surface area (Å²) in [7, 11) is 1.30. The summed E-state index contributed by atoms with van der Waals surface area (Å²) in [6.07, 6.45) is 3.13. The molecule has 0 saturated carbocycles. The molecule has 0 saturated heterocycles. The first-order chi connectivity index (χ1) is 12.2. The Bertz CT molecular complexity index is 874. The van der Waals surface area contributed by atoms with E-state index in [9.17, 15) is 9.59 Å². The van der Waals surface area contributed by atoms with Gasteiger partial charge in [0.2, 0.25) is 0 Å². The number of aromatic nitrogens is 3. The van der Waals surface area contributed by atoms with E-state index in [4.69, 9.17) is 0 Å². The predicted octanol–water partition coefficient (Wildman–Crippen LogP) is 2.37. The number of ether oxygens (including phenoxy) is 1. The molecule has 0 aliphatic heterocycles. The molecular formula is C18H16N4O3. The topological polar surface area (TPSA) is 86.1 Å². The standard InChI is InChI=1S/C18H16N4O3/c1-25-18(24)15-4-2-3-14(9-15)17(23)21-16-7-5-13(6-8-16)10-22-12-19-11-20-22/h2-9,11-12H,10H2,1H3,(H,21,23). The summed E-state index contributed by atoms with van der Waals surface area (Å²) in [6.45, 7) is 0.607. The number of carbonyl (C=O) groups is 2. The molecule has 0 fully saturated rings. The molecule has 7 nitrogen and oxygen atoms in total. The van der Waals surface area contributed by atoms with Crippen LogP contribution in [0.15, 0.2) is 61.2 Å². The highest BCUT2D eigenvalue weighted by Crippen LogP contribution is 2.13. The number of carbonyl (C=O) groups excluding carboxylic acids is 2. The van der Waals surface area contributed by atoms with E-state index in [0.717, 1.165) is 5.56 Å². The van der Waals surface area contributed by atoms with Crippen molar-refractivity contribution in [2.75, 3.05) is 12.4 Å². The molecule has 3 rings (SSSR count). The zero-order valence-electron chi connectivity index (χ0n) is 13.5. The summed E-state index contributed by atoms with van der Waals surface area (Å²) >= 11 is 0. The molecule has 0 atom stereocenters. The van der Waals surface area contributed by atoms with Gasteiger partial charge in [-0.15, -0.1) is 0 Å². The summed E-state index contributed by atoms with van der Waals surface area (Å²) < 4.78 is 6.38. The number of benzene rings is 2. The van der Waals surface area contributed by atoms with Crippen LogP contribution in [0.5, 0.6) is 0 Å². The first kappa shape index (κ1) is 16.4. The van der Waals surface area contributed by atoms with Crippen molar-refractivity contribution in [1.29, 1.82) is 0 Å². The van der Waals surface area contributed by atoms with Crippen LogP contribution in [-0.4, -0.2) is 33.8 Å². The number of nitrogens with zero attached hydrogens (tertiary/aromatic N) is 3. The van der Waals surface area contributed by atoms with Gasteiger partial charge in [-0.1, -0.05) is 18.2 Å². The van der Waals surface area contributed by atoms with Crippen LogP contribution in [0.25, 0.3) is 0 Å². The van der Waals surface area contributed by atoms with Crippen LogP contribution in [0.3, 0.4) is 0 Å². The van der Waals surface area contributed by atoms with Crippen LogP contribution in [0.4, 0.5) is 5.69 Å². The number of methoxy groups -OCH3 is 1. The number of hydrogen-bond acceptors (Lipinski definition) is 5. The Morgan fingerprint density at radius 3 is 2.56 bits per heavy atom. The highest BCUT2D eigenvalue weighted by molar-refractivity contribution is 6.05. The zero-order valence-corrected chi connectivity index (χ0v) is 13.5. The summed E-state index contributed by atoms with van der Waals surface area (Å²) in [5.74, 6) is -0.776. The first-order valence-electron chi connectivity index (χ1n) is 7.57. The summed E-state index contributed by atoms with van der Waals surface area (Å²) in [5, 5.41) is 6.85. The maximum Gasteiger partial charge on any atom is 0.337 e. The van der Waals surface area contributed by atoms with Gasteiger partial charge in [0.25, 0.3) is 5.91 Å². The minimum atomic E-state index is -0.480. The van der Waals surface area contributed by atoms with Crippen LogP contribution in [-0.2, 0) is 11.3 Å². The second-order valence-electron chi connectivity index (χ2n) is 5.32. The largest absolute Gasteiger partial charge is 0.465 e. The lowest BCUT2D eigenvalue weighted by molar-refractivity contribution is 0.0600. The molecule has 0 aliphatic carbocycles. The van der Waals surface area contributed by atoms with E-state index < -0.39 is 5.97 Å². The average Bonchev–Trinajstić information content (AvgIpc) is 3.16. The fourth-order valence-corrected chi connectivity index (χ4v) is 2.30. The van der Waals surface area contributed by atoms with Crippen LogP contribution >= 0.6 is 0 Å². The number of hydrogen-bond donors (Lipinski definition) is 1. The van der Waals surface area contributed by atoms with Crippen molar-refractivity contribution in [3.63, 3.8) is 0 Å². The molecule has 1 aromatic heterocycles. The van der Waals surface area contributed by atoms with Crippen molar-refractivity contribution in [1.82, 2.24) is 14.8 Å². The van der Waals surface area contributed by atoms with E-state index in [1.54, 1.807) is 29.2 Å². The van der Waals surface area contributed by atoms with Gasteiger partial charge in [0.05, 0.1) is 19.2 Å². The molecule has 25 heavy (non-hydrogen) atoms. The molecule has 0 bridgehead atoms. The molecule has 1 amide bonds. The normalized spacial score (nSPS) is 10.3. The Morgan fingerprint density at radius 2 is 1.88 bits per heavy atom. The monoisotopic (exact) mass is 336 g/mol. The van der Waals surface area contributed by atoms with Crippen molar-refractivity contribution < 1.29 is 14.3 Å². The number of rotatable bonds is 5. The Morgan fingerprint density at radius 1 is 1.12 bits per heavy atom. The Kier molecular flexibility index (Phi) is 4.84. The van der Waals surface area contributed by atoms with Gasteiger partial charge in [-0.2, -0.15) is 5.10 Å². The van der Waals surface area contributed by atoms with Gasteiger partial charge in [0, 0.05) is 11.3 Å². The summed E-state index contributed by atoms with van der Waals surface area (Å²) in [6, 6.07) is 13.8. The van der Waals surface area contributed by atoms with Crippen LogP contribution in [0.2, 0.25) is 0 Å². The van der Waals surface area contributed by atoms with Gasteiger partial charge in [0.15, 0.2) is 0 Å². The quantitative estimate of drug-likeness (QED) is 0.723. The minimum Gasteiger partial charge on any atom is -0.465 e. The van der Waals surface area contributed by atoms with Crippen LogP contribution < -0.4 is 5.32 Å². The lowest BCUT2D eigenvalue weighted by Crippen LogP contribution is -2.13. The molecule has 126 valence electrons. The van der Waals surface area contributed by atoms with Crippen molar-refractivity contribution in [2.45, 2.75) is 6.54 Å². The highest BCUT2D eigenvalue weighted by Gasteiger charge is 2.11. The van der Waals surface area contributed by atoms with E-state index in [0.29, 0.717) is 23.4 Å². The first-order valence-corrected chi connectivity index (χ1v) is 7.57. The molecule has 0 spiro atoms. The van der Waals surface area contributed by atoms with E-state index in [2.05, 4.69) is 20.1 Å². The van der Waals surface area contributed by atoms with Crippen molar-refractivity contribution in [3.05, 3.63) is 77.9 Å². The fourth-order valence-electron chi connectivity index (χ4n) is 2.30. The van der Waals surface area contributed by atoms with E-state index in [1.165, 1.54) is 19.5 Å². The maximum absolute atomic E-state index is 12.3. The van der Waals surface area contributed by atoms with Gasteiger partial charge < -0.3 is 10.1 Å². The zero-order chi connectivity index (χ0) is 17.6. The summed E-state index contributed by atoms with van der Waals surface area (Å²) in [4.78, 5) is 27.8. The van der Waals surface area contributed by atoms with Gasteiger partial charge in [-0.25, -0.2) is 14.5 Å². The summed E-state index contributed by atoms with van der Waals surface area (Å²) in [5.41, 5.74) is 2.42. The second-order valence-corrected chi connectivity index (χ2v) is 5.32. The Hall–Kier alpha value is -3.48. The number of nitrogens with one attached hydrogen (secondary N) is 1. The predicted molar refractivity (Wildman–Crippen MR) is 91.3 cm³/mol. The fraction of sp³-hybridized carbons (Fsp3) is 0.111. The van der Waals surface area contributed by atoms with Gasteiger partial charge in [-0.05, 0) is 35.9 Å². The molecule has 1 N–H and O–H groups in total. The van der Waals surface area contributed by atoms with Crippen molar-refractivity contribution in [3.8, 4) is 0 Å². The third kappa shape index (κ3) is 4.08. The van der Waals surface area contributed by atoms with E-state index in [-0.39, 0.29) is 5.91 Å². The third-order valence-corrected chi connectivity index (χ3v) is 3.57. The lowest BCUT2D eigenvalue weighted by atomic mass is 10.1. The highest BCUT2D eigenvalue weighted by atomic mass is 16.5. The molecular weight excluding hydrogens is 320 g/mol. The molecule has 7 heteroatoms. The number of anilines is 1. The van der Waals surface area contributed by atoms with E-state index >= 15 is 0 Å². The molecule has 0 unspecified atom stereocenters. The van der Waals surface area contributed by atoms with Gasteiger partial charge >= 0.3 is 5.97 Å². The van der Waals surface area contributed by atoms with Crippen molar-refractivity contribution in [2.24, 2.45) is 0 Å². The molecule has 1 heterocycles. The third-order valence-electron chi connectivity index (χ3n) is 3.57. The Balaban J connectivity index is 1.67. The van der Waals surface area contributed by atoms with Gasteiger partial charge in [0.1, 0.15) is 12.7 Å². The molecule has 0 radical (unpaired) electrons. The minimum absolute atomic E-state index is 0.297. The van der Waals surface area contributed by atoms with Gasteiger partial charge in [-0.3, -0.25) is 4.79 Å². The SMILES string of the molecule is COC(=O)c1cccc(C(=O)Nc2ccc(Cn3cncn3)cc2)c1. The maximum atomic E-state index is 12.3. The Labute approximate surface area is 144 Å². The number of amides is 1. The molecule has 0 aliphatic rings. The molecule has 2 aromatic carbocycles.